The van der Waals surface area contributed by atoms with E-state index < -0.39 is 29.1 Å². The van der Waals surface area contributed by atoms with Gasteiger partial charge in [0.25, 0.3) is 5.69 Å². The molecule has 3 rings (SSSR count). The third-order valence-corrected chi connectivity index (χ3v) is 4.56. The van der Waals surface area contributed by atoms with Crippen LogP contribution in [0.1, 0.15) is 20.7 Å². The quantitative estimate of drug-likeness (QED) is 0.292. The molecular formula is C20H19FN2O7. The molecule has 2 aromatic rings. The summed E-state index contributed by atoms with van der Waals surface area (Å²) >= 11 is 0. The van der Waals surface area contributed by atoms with Gasteiger partial charge in [-0.15, -0.1) is 0 Å². The number of anilines is 1. The van der Waals surface area contributed by atoms with E-state index in [-0.39, 0.29) is 22.6 Å². The zero-order valence-corrected chi connectivity index (χ0v) is 16.1. The van der Waals surface area contributed by atoms with E-state index in [2.05, 4.69) is 0 Å². The van der Waals surface area contributed by atoms with Crippen LogP contribution >= 0.6 is 0 Å². The van der Waals surface area contributed by atoms with Gasteiger partial charge >= 0.3 is 5.97 Å². The number of hydrogen-bond acceptors (Lipinski definition) is 8. The predicted molar refractivity (Wildman–Crippen MR) is 104 cm³/mol. The van der Waals surface area contributed by atoms with Gasteiger partial charge in [-0.3, -0.25) is 14.9 Å². The number of nitro groups is 1. The summed E-state index contributed by atoms with van der Waals surface area (Å²) in [7, 11) is 1.33. The van der Waals surface area contributed by atoms with E-state index in [1.807, 2.05) is 4.90 Å². The van der Waals surface area contributed by atoms with Crippen LogP contribution in [0, 0.1) is 15.9 Å². The number of nitrogens with zero attached hydrogens (tertiary/aromatic N) is 2. The minimum absolute atomic E-state index is 0.0369. The number of rotatable bonds is 7. The maximum Gasteiger partial charge on any atom is 0.340 e. The Labute approximate surface area is 171 Å². The van der Waals surface area contributed by atoms with Crippen LogP contribution < -0.4 is 9.64 Å². The third kappa shape index (κ3) is 4.71. The Kier molecular flexibility index (Phi) is 6.58. The maximum atomic E-state index is 13.5. The number of carbonyl (C=O) groups excluding carboxylic acids is 2. The summed E-state index contributed by atoms with van der Waals surface area (Å²) in [5, 5.41) is 11.1. The Morgan fingerprint density at radius 1 is 1.17 bits per heavy atom. The van der Waals surface area contributed by atoms with Crippen molar-refractivity contribution in [3.63, 3.8) is 0 Å². The summed E-state index contributed by atoms with van der Waals surface area (Å²) in [6.07, 6.45) is 0. The van der Waals surface area contributed by atoms with Gasteiger partial charge in [-0.2, -0.15) is 0 Å². The molecule has 0 aliphatic carbocycles. The van der Waals surface area contributed by atoms with Crippen molar-refractivity contribution in [2.75, 3.05) is 44.9 Å². The highest BCUT2D eigenvalue weighted by Crippen LogP contribution is 2.27. The number of methoxy groups -OCH3 is 1. The smallest absolute Gasteiger partial charge is 0.340 e. The first kappa shape index (κ1) is 21.2. The van der Waals surface area contributed by atoms with Crippen LogP contribution in [-0.4, -0.2) is 56.7 Å². The predicted octanol–water partition coefficient (Wildman–Crippen LogP) is 2.62. The first-order valence-electron chi connectivity index (χ1n) is 9.05. The Morgan fingerprint density at radius 2 is 1.90 bits per heavy atom. The average Bonchev–Trinajstić information content (AvgIpc) is 2.77. The molecule has 2 aromatic carbocycles. The molecule has 30 heavy (non-hydrogen) atoms. The fourth-order valence-electron chi connectivity index (χ4n) is 3.07. The lowest BCUT2D eigenvalue weighted by molar-refractivity contribution is -0.384. The van der Waals surface area contributed by atoms with Crippen molar-refractivity contribution in [1.82, 2.24) is 0 Å². The van der Waals surface area contributed by atoms with Crippen LogP contribution in [0.3, 0.4) is 0 Å². The van der Waals surface area contributed by atoms with Crippen LogP contribution in [0.4, 0.5) is 15.8 Å². The molecule has 1 saturated heterocycles. The van der Waals surface area contributed by atoms with Crippen molar-refractivity contribution in [2.24, 2.45) is 0 Å². The number of halogens is 1. The van der Waals surface area contributed by atoms with Gasteiger partial charge in [0.2, 0.25) is 5.78 Å². The minimum atomic E-state index is -0.899. The van der Waals surface area contributed by atoms with E-state index in [0.29, 0.717) is 32.0 Å². The number of carbonyl (C=O) groups is 2. The highest BCUT2D eigenvalue weighted by molar-refractivity contribution is 6.02. The number of nitro benzene ring substituents is 1. The first-order valence-corrected chi connectivity index (χ1v) is 9.05. The van der Waals surface area contributed by atoms with Gasteiger partial charge < -0.3 is 19.1 Å². The molecule has 0 aromatic heterocycles. The summed E-state index contributed by atoms with van der Waals surface area (Å²) in [6, 6.07) is 7.30. The highest BCUT2D eigenvalue weighted by Gasteiger charge is 2.24. The number of Topliss-reactive ketones (excluding diaryl/α,β-unsaturated/α-hetero) is 1. The lowest BCUT2D eigenvalue weighted by Gasteiger charge is -2.30. The molecule has 1 heterocycles. The molecular weight excluding hydrogens is 399 g/mol. The SMILES string of the molecule is COc1ccc(F)cc1C(=O)COC(=O)c1cc([N+](=O)[O-])ccc1N1CCOCC1. The fourth-order valence-corrected chi connectivity index (χ4v) is 3.07. The Bertz CT molecular complexity index is 974. The van der Waals surface area contributed by atoms with Gasteiger partial charge in [0.15, 0.2) is 6.61 Å². The van der Waals surface area contributed by atoms with Crippen molar-refractivity contribution in [2.45, 2.75) is 0 Å². The molecule has 1 aliphatic heterocycles. The van der Waals surface area contributed by atoms with Gasteiger partial charge in [0.05, 0.1) is 42.1 Å². The summed E-state index contributed by atoms with van der Waals surface area (Å²) in [5.41, 5.74) is 0.0598. The van der Waals surface area contributed by atoms with Gasteiger partial charge in [-0.05, 0) is 24.3 Å². The average molecular weight is 418 g/mol. The van der Waals surface area contributed by atoms with E-state index >= 15 is 0 Å². The molecule has 158 valence electrons. The molecule has 0 amide bonds. The Morgan fingerprint density at radius 3 is 2.57 bits per heavy atom. The van der Waals surface area contributed by atoms with Gasteiger partial charge in [-0.25, -0.2) is 9.18 Å². The number of benzene rings is 2. The zero-order chi connectivity index (χ0) is 21.7. The number of morpholine rings is 1. The topological polar surface area (TPSA) is 108 Å². The van der Waals surface area contributed by atoms with Crippen molar-refractivity contribution < 1.29 is 33.1 Å². The normalized spacial score (nSPS) is 13.6. The standard InChI is InChI=1S/C20H19FN2O7/c1-28-19-5-2-13(21)10-16(19)18(24)12-30-20(25)15-11-14(23(26)27)3-4-17(15)22-6-8-29-9-7-22/h2-5,10-11H,6-9,12H2,1H3. The molecule has 0 atom stereocenters. The summed E-state index contributed by atoms with van der Waals surface area (Å²) in [5.74, 6) is -2.07. The summed E-state index contributed by atoms with van der Waals surface area (Å²) in [4.78, 5) is 37.5. The molecule has 1 fully saturated rings. The van der Waals surface area contributed by atoms with E-state index in [1.54, 1.807) is 0 Å². The fraction of sp³-hybridized carbons (Fsp3) is 0.300. The third-order valence-electron chi connectivity index (χ3n) is 4.56. The molecule has 0 N–H and O–H groups in total. The number of ether oxygens (including phenoxy) is 3. The first-order chi connectivity index (χ1) is 14.4. The van der Waals surface area contributed by atoms with Crippen LogP contribution in [0.15, 0.2) is 36.4 Å². The van der Waals surface area contributed by atoms with E-state index in [9.17, 15) is 24.1 Å². The van der Waals surface area contributed by atoms with E-state index in [1.165, 1.54) is 25.3 Å². The lowest BCUT2D eigenvalue weighted by atomic mass is 10.1. The van der Waals surface area contributed by atoms with Crippen molar-refractivity contribution in [3.05, 3.63) is 63.5 Å². The maximum absolute atomic E-state index is 13.5. The molecule has 0 spiro atoms. The van der Waals surface area contributed by atoms with Crippen LogP contribution in [0.2, 0.25) is 0 Å². The molecule has 0 radical (unpaired) electrons. The number of non-ortho nitro benzene ring substituents is 1. The second-order valence-corrected chi connectivity index (χ2v) is 6.40. The zero-order valence-electron chi connectivity index (χ0n) is 16.1. The molecule has 10 heteroatoms. The molecule has 0 saturated carbocycles. The minimum Gasteiger partial charge on any atom is -0.496 e. The lowest BCUT2D eigenvalue weighted by Crippen LogP contribution is -2.37. The molecule has 9 nitrogen and oxygen atoms in total. The molecule has 0 bridgehead atoms. The second kappa shape index (κ2) is 9.31. The number of ketones is 1. The summed E-state index contributed by atoms with van der Waals surface area (Å²) in [6.45, 7) is 1.21. The molecule has 0 unspecified atom stereocenters. The Balaban J connectivity index is 1.81. The van der Waals surface area contributed by atoms with Crippen molar-refractivity contribution in [3.8, 4) is 5.75 Å². The second-order valence-electron chi connectivity index (χ2n) is 6.40. The summed E-state index contributed by atoms with van der Waals surface area (Å²) < 4.78 is 28.9. The van der Waals surface area contributed by atoms with E-state index in [4.69, 9.17) is 14.2 Å². The largest absolute Gasteiger partial charge is 0.496 e. The number of hydrogen-bond donors (Lipinski definition) is 0. The molecule has 1 aliphatic rings. The monoisotopic (exact) mass is 418 g/mol. The van der Waals surface area contributed by atoms with Gasteiger partial charge in [0, 0.05) is 25.2 Å². The van der Waals surface area contributed by atoms with Gasteiger partial charge in [-0.1, -0.05) is 0 Å². The Hall–Kier alpha value is -3.53. The van der Waals surface area contributed by atoms with Crippen LogP contribution in [-0.2, 0) is 9.47 Å². The van der Waals surface area contributed by atoms with E-state index in [0.717, 1.165) is 18.2 Å². The van der Waals surface area contributed by atoms with Crippen LogP contribution in [0.25, 0.3) is 0 Å². The highest BCUT2D eigenvalue weighted by atomic mass is 19.1. The van der Waals surface area contributed by atoms with Crippen molar-refractivity contribution >= 4 is 23.1 Å². The number of esters is 1. The van der Waals surface area contributed by atoms with Crippen LogP contribution in [0.5, 0.6) is 5.75 Å². The van der Waals surface area contributed by atoms with Crippen molar-refractivity contribution in [1.29, 1.82) is 0 Å². The van der Waals surface area contributed by atoms with Gasteiger partial charge in [0.1, 0.15) is 11.6 Å².